The predicted molar refractivity (Wildman–Crippen MR) is 119 cm³/mol. The first-order chi connectivity index (χ1) is 15.8. The molecule has 1 heterocycles. The van der Waals surface area contributed by atoms with Gasteiger partial charge in [0.25, 0.3) is 11.8 Å². The average Bonchev–Trinajstić information content (AvgIpc) is 3.24. The molecular formula is C23H30N4O6. The van der Waals surface area contributed by atoms with E-state index in [0.29, 0.717) is 30.6 Å². The van der Waals surface area contributed by atoms with Crippen molar-refractivity contribution >= 4 is 17.6 Å². The quantitative estimate of drug-likeness (QED) is 0.488. The second-order valence-corrected chi connectivity index (χ2v) is 8.67. The van der Waals surface area contributed by atoms with Gasteiger partial charge < -0.3 is 19.8 Å². The van der Waals surface area contributed by atoms with Crippen LogP contribution in [0.2, 0.25) is 0 Å². The molecule has 178 valence electrons. The lowest BCUT2D eigenvalue weighted by Gasteiger charge is -2.32. The summed E-state index contributed by atoms with van der Waals surface area (Å²) in [5.74, 6) is -2.07. The Morgan fingerprint density at radius 1 is 1.18 bits per heavy atom. The third-order valence-electron chi connectivity index (χ3n) is 5.76. The first-order valence-electron chi connectivity index (χ1n) is 11.1. The Labute approximate surface area is 191 Å². The number of carbonyl (C=O) groups excluding carboxylic acids is 3. The van der Waals surface area contributed by atoms with Crippen molar-refractivity contribution < 1.29 is 23.5 Å². The number of benzene rings is 1. The smallest absolute Gasteiger partial charge is 0.434 e. The maximum absolute atomic E-state index is 13.2. The summed E-state index contributed by atoms with van der Waals surface area (Å²) in [5, 5.41) is 11.4. The Morgan fingerprint density at radius 2 is 1.88 bits per heavy atom. The van der Waals surface area contributed by atoms with Crippen molar-refractivity contribution in [3.8, 4) is 5.75 Å². The first-order valence-corrected chi connectivity index (χ1v) is 11.1. The zero-order chi connectivity index (χ0) is 24.0. The highest BCUT2D eigenvalue weighted by Crippen LogP contribution is 2.26. The molecule has 3 atom stereocenters. The summed E-state index contributed by atoms with van der Waals surface area (Å²) in [6.07, 6.45) is 3.36. The first kappa shape index (κ1) is 24.2. The fraction of sp³-hybridized carbons (Fsp3) is 0.522. The molecule has 0 bridgehead atoms. The number of methoxy groups -OCH3 is 1. The summed E-state index contributed by atoms with van der Waals surface area (Å²) < 4.78 is 9.91. The number of ether oxygens (including phenoxy) is 1. The van der Waals surface area contributed by atoms with Crippen LogP contribution in [0.4, 0.5) is 0 Å². The van der Waals surface area contributed by atoms with Crippen molar-refractivity contribution in [2.45, 2.75) is 58.0 Å². The third-order valence-corrected chi connectivity index (χ3v) is 5.76. The zero-order valence-corrected chi connectivity index (χ0v) is 19.1. The number of carbonyl (C=O) groups is 3. The Hall–Kier alpha value is -3.43. The standard InChI is InChI=1S/C23H30N4O6/c1-13(2)12-18(19(28)22-26-27-23(31)33-22)25-21(30)16-6-4-5-7-17(16)24-20(29)14-8-10-15(32-3)11-9-14/h8-11,13,16-18H,4-7,12H2,1-3H3,(H,24,29)(H,25,30)(H,27,31)/t16-,17+,18+/m1/s1. The van der Waals surface area contributed by atoms with E-state index in [9.17, 15) is 19.2 Å². The van der Waals surface area contributed by atoms with Crippen molar-refractivity contribution in [1.29, 1.82) is 0 Å². The van der Waals surface area contributed by atoms with E-state index in [1.807, 2.05) is 13.8 Å². The van der Waals surface area contributed by atoms with Gasteiger partial charge in [-0.25, -0.2) is 9.89 Å². The number of nitrogens with one attached hydrogen (secondary N) is 3. The summed E-state index contributed by atoms with van der Waals surface area (Å²) in [4.78, 5) is 50.0. The summed E-state index contributed by atoms with van der Waals surface area (Å²) in [5.41, 5.74) is 0.474. The third kappa shape index (κ3) is 6.30. The molecule has 1 aromatic heterocycles. The van der Waals surface area contributed by atoms with Gasteiger partial charge in [-0.15, -0.1) is 5.10 Å². The van der Waals surface area contributed by atoms with Gasteiger partial charge in [0.05, 0.1) is 19.1 Å². The number of nitrogens with zero attached hydrogens (tertiary/aromatic N) is 1. The molecule has 2 amide bonds. The van der Waals surface area contributed by atoms with Crippen LogP contribution in [0.15, 0.2) is 33.5 Å². The molecule has 0 unspecified atom stereocenters. The van der Waals surface area contributed by atoms with E-state index >= 15 is 0 Å². The van der Waals surface area contributed by atoms with E-state index in [1.54, 1.807) is 31.4 Å². The maximum Gasteiger partial charge on any atom is 0.434 e. The second kappa shape index (κ2) is 10.9. The highest BCUT2D eigenvalue weighted by atomic mass is 16.5. The number of aromatic amines is 1. The fourth-order valence-electron chi connectivity index (χ4n) is 4.08. The molecule has 10 heteroatoms. The van der Waals surface area contributed by atoms with Gasteiger partial charge in [-0.05, 0) is 49.4 Å². The molecule has 3 N–H and O–H groups in total. The molecule has 0 saturated heterocycles. The topological polar surface area (TPSA) is 143 Å². The van der Waals surface area contributed by atoms with E-state index in [-0.39, 0.29) is 29.7 Å². The molecule has 10 nitrogen and oxygen atoms in total. The van der Waals surface area contributed by atoms with Crippen molar-refractivity contribution in [3.05, 3.63) is 46.3 Å². The fourth-order valence-corrected chi connectivity index (χ4v) is 4.08. The Balaban J connectivity index is 1.71. The van der Waals surface area contributed by atoms with Crippen LogP contribution in [0.1, 0.15) is 67.0 Å². The average molecular weight is 459 g/mol. The second-order valence-electron chi connectivity index (χ2n) is 8.67. The van der Waals surface area contributed by atoms with Crippen molar-refractivity contribution in [1.82, 2.24) is 20.8 Å². The molecule has 0 spiro atoms. The summed E-state index contributed by atoms with van der Waals surface area (Å²) in [6, 6.07) is 5.50. The summed E-state index contributed by atoms with van der Waals surface area (Å²) >= 11 is 0. The van der Waals surface area contributed by atoms with Gasteiger partial charge in [0.15, 0.2) is 0 Å². The Kier molecular flexibility index (Phi) is 8.02. The van der Waals surface area contributed by atoms with E-state index in [1.165, 1.54) is 0 Å². The van der Waals surface area contributed by atoms with Crippen molar-refractivity contribution in [3.63, 3.8) is 0 Å². The Bertz CT molecular complexity index is 1030. The van der Waals surface area contributed by atoms with E-state index in [4.69, 9.17) is 9.15 Å². The van der Waals surface area contributed by atoms with Crippen LogP contribution < -0.4 is 21.1 Å². The predicted octanol–water partition coefficient (Wildman–Crippen LogP) is 2.07. The highest BCUT2D eigenvalue weighted by Gasteiger charge is 2.35. The van der Waals surface area contributed by atoms with Crippen LogP contribution in [0.5, 0.6) is 5.75 Å². The van der Waals surface area contributed by atoms with Crippen LogP contribution >= 0.6 is 0 Å². The van der Waals surface area contributed by atoms with Crippen LogP contribution in [0, 0.1) is 11.8 Å². The van der Waals surface area contributed by atoms with Gasteiger partial charge in [-0.3, -0.25) is 14.4 Å². The van der Waals surface area contributed by atoms with E-state index < -0.39 is 23.5 Å². The van der Waals surface area contributed by atoms with Gasteiger partial charge in [0.2, 0.25) is 11.7 Å². The molecule has 0 radical (unpaired) electrons. The molecule has 2 aromatic rings. The molecule has 1 aliphatic rings. The number of amides is 2. The number of hydrogen-bond acceptors (Lipinski definition) is 7. The molecule has 33 heavy (non-hydrogen) atoms. The van der Waals surface area contributed by atoms with E-state index in [0.717, 1.165) is 12.8 Å². The minimum absolute atomic E-state index is 0.0989. The molecule has 1 saturated carbocycles. The number of hydrogen-bond donors (Lipinski definition) is 3. The van der Waals surface area contributed by atoms with Crippen LogP contribution in [0.25, 0.3) is 0 Å². The van der Waals surface area contributed by atoms with Crippen molar-refractivity contribution in [2.75, 3.05) is 7.11 Å². The minimum Gasteiger partial charge on any atom is -0.497 e. The van der Waals surface area contributed by atoms with Crippen LogP contribution in [-0.2, 0) is 4.79 Å². The molecular weight excluding hydrogens is 428 g/mol. The van der Waals surface area contributed by atoms with Crippen molar-refractivity contribution in [2.24, 2.45) is 11.8 Å². The number of rotatable bonds is 9. The zero-order valence-electron chi connectivity index (χ0n) is 19.1. The highest BCUT2D eigenvalue weighted by molar-refractivity contribution is 5.99. The number of aromatic nitrogens is 2. The number of Topliss-reactive ketones (excluding diaryl/α,β-unsaturated/α-hetero) is 1. The molecule has 0 aliphatic heterocycles. The molecule has 1 fully saturated rings. The molecule has 3 rings (SSSR count). The molecule has 1 aromatic carbocycles. The van der Waals surface area contributed by atoms with Gasteiger partial charge in [-0.2, -0.15) is 0 Å². The number of H-pyrrole nitrogens is 1. The van der Waals surface area contributed by atoms with Gasteiger partial charge in [0, 0.05) is 11.6 Å². The van der Waals surface area contributed by atoms with Crippen LogP contribution in [-0.4, -0.2) is 47.0 Å². The summed E-state index contributed by atoms with van der Waals surface area (Å²) in [6.45, 7) is 3.84. The monoisotopic (exact) mass is 458 g/mol. The van der Waals surface area contributed by atoms with Gasteiger partial charge >= 0.3 is 5.76 Å². The lowest BCUT2D eigenvalue weighted by atomic mass is 9.83. The van der Waals surface area contributed by atoms with E-state index in [2.05, 4.69) is 20.8 Å². The number of ketones is 1. The summed E-state index contributed by atoms with van der Waals surface area (Å²) in [7, 11) is 1.55. The lowest BCUT2D eigenvalue weighted by Crippen LogP contribution is -2.52. The minimum atomic E-state index is -0.885. The van der Waals surface area contributed by atoms with Gasteiger partial charge in [-0.1, -0.05) is 26.7 Å². The molecule has 1 aliphatic carbocycles. The maximum atomic E-state index is 13.2. The normalized spacial score (nSPS) is 19.0. The lowest BCUT2D eigenvalue weighted by molar-refractivity contribution is -0.127. The van der Waals surface area contributed by atoms with Crippen LogP contribution in [0.3, 0.4) is 0 Å². The van der Waals surface area contributed by atoms with Gasteiger partial charge in [0.1, 0.15) is 5.75 Å². The largest absolute Gasteiger partial charge is 0.497 e. The SMILES string of the molecule is COc1ccc(C(=O)N[C@H]2CCCC[C@H]2C(=O)N[C@@H](CC(C)C)C(=O)c2n[nH]c(=O)o2)cc1. The Morgan fingerprint density at radius 3 is 2.48 bits per heavy atom.